The number of anilines is 4. The van der Waals surface area contributed by atoms with E-state index >= 15 is 0 Å². The van der Waals surface area contributed by atoms with E-state index in [-0.39, 0.29) is 17.2 Å². The molecule has 6 nitrogen and oxygen atoms in total. The van der Waals surface area contributed by atoms with Crippen molar-refractivity contribution < 1.29 is 9.59 Å². The minimum atomic E-state index is -0.127. The first-order valence-corrected chi connectivity index (χ1v) is 16.3. The number of amides is 2. The average molecular weight is 617 g/mol. The van der Waals surface area contributed by atoms with Crippen molar-refractivity contribution >= 4 is 34.6 Å². The number of hydrogen-bond donors (Lipinski definition) is 2. The lowest BCUT2D eigenvalue weighted by molar-refractivity contribution is 0.101. The van der Waals surface area contributed by atoms with Crippen LogP contribution in [-0.4, -0.2) is 40.0 Å². The van der Waals surface area contributed by atoms with E-state index < -0.39 is 0 Å². The highest BCUT2D eigenvalue weighted by molar-refractivity contribution is 6.06. The summed E-state index contributed by atoms with van der Waals surface area (Å²) in [6.45, 7) is 8.38. The van der Waals surface area contributed by atoms with Gasteiger partial charge >= 0.3 is 0 Å². The van der Waals surface area contributed by atoms with Gasteiger partial charge in [-0.1, -0.05) is 43.5 Å². The molecule has 46 heavy (non-hydrogen) atoms. The van der Waals surface area contributed by atoms with Crippen LogP contribution in [0.3, 0.4) is 0 Å². The van der Waals surface area contributed by atoms with Gasteiger partial charge in [0.1, 0.15) is 0 Å². The average Bonchev–Trinajstić information content (AvgIpc) is 3.04. The first kappa shape index (κ1) is 32.8. The summed E-state index contributed by atoms with van der Waals surface area (Å²) in [4.78, 5) is 30.5. The Balaban J connectivity index is 1.43. The van der Waals surface area contributed by atoms with E-state index in [9.17, 15) is 9.59 Å². The fraction of sp³-hybridized carbons (Fsp3) is 0.350. The summed E-state index contributed by atoms with van der Waals surface area (Å²) in [7, 11) is 7.96. The van der Waals surface area contributed by atoms with E-state index in [1.165, 1.54) is 30.4 Å². The van der Waals surface area contributed by atoms with Gasteiger partial charge in [-0.3, -0.25) is 9.59 Å². The zero-order chi connectivity index (χ0) is 33.2. The Morgan fingerprint density at radius 3 is 1.17 bits per heavy atom. The molecule has 1 aliphatic rings. The molecule has 4 aromatic carbocycles. The van der Waals surface area contributed by atoms with Crippen LogP contribution in [0.15, 0.2) is 72.8 Å². The molecular weight excluding hydrogens is 568 g/mol. The highest BCUT2D eigenvalue weighted by Crippen LogP contribution is 2.47. The molecule has 5 rings (SSSR count). The molecule has 0 radical (unpaired) electrons. The summed E-state index contributed by atoms with van der Waals surface area (Å²) in [5, 5.41) is 6.39. The van der Waals surface area contributed by atoms with Crippen molar-refractivity contribution in [2.75, 3.05) is 48.6 Å². The first-order valence-electron chi connectivity index (χ1n) is 16.3. The molecule has 0 heterocycles. The van der Waals surface area contributed by atoms with Crippen molar-refractivity contribution in [2.24, 2.45) is 0 Å². The van der Waals surface area contributed by atoms with E-state index in [0.717, 1.165) is 57.8 Å². The van der Waals surface area contributed by atoms with Crippen LogP contribution >= 0.6 is 0 Å². The van der Waals surface area contributed by atoms with Crippen LogP contribution in [0.1, 0.15) is 86.2 Å². The van der Waals surface area contributed by atoms with E-state index in [2.05, 4.69) is 62.6 Å². The van der Waals surface area contributed by atoms with Gasteiger partial charge in [0.2, 0.25) is 0 Å². The number of benzene rings is 4. The van der Waals surface area contributed by atoms with Crippen LogP contribution < -0.4 is 20.4 Å². The Labute approximate surface area is 274 Å². The number of hydrogen-bond acceptors (Lipinski definition) is 4. The quantitative estimate of drug-likeness (QED) is 0.208. The molecule has 0 bridgehead atoms. The van der Waals surface area contributed by atoms with Crippen LogP contribution in [-0.2, 0) is 5.41 Å². The molecule has 0 unspecified atom stereocenters. The molecule has 0 saturated heterocycles. The summed E-state index contributed by atoms with van der Waals surface area (Å²) in [6.07, 6.45) is 5.70. The third-order valence-electron chi connectivity index (χ3n) is 9.65. The van der Waals surface area contributed by atoms with Crippen LogP contribution in [0.2, 0.25) is 0 Å². The molecule has 1 saturated carbocycles. The van der Waals surface area contributed by atoms with Gasteiger partial charge in [0.05, 0.1) is 0 Å². The molecular formula is C40H48N4O2. The van der Waals surface area contributed by atoms with Gasteiger partial charge in [0.15, 0.2) is 0 Å². The molecule has 240 valence electrons. The minimum absolute atomic E-state index is 0.103. The fourth-order valence-electron chi connectivity index (χ4n) is 6.97. The Morgan fingerprint density at radius 2 is 0.870 bits per heavy atom. The molecule has 1 fully saturated rings. The standard InChI is InChI=1S/C40H48N4O2/c1-26-22-32(23-27(2)36(26)41-38(45)30-12-16-34(17-13-30)43(5)6)40(20-10-9-11-21-40)33-24-28(3)37(29(4)25-33)42-39(46)31-14-18-35(19-15-31)44(7)8/h12-19,22-25H,9-11,20-21H2,1-8H3,(H,41,45)(H,42,46). The van der Waals surface area contributed by atoms with Gasteiger partial charge in [-0.25, -0.2) is 0 Å². The van der Waals surface area contributed by atoms with Crippen molar-refractivity contribution in [1.29, 1.82) is 0 Å². The summed E-state index contributed by atoms with van der Waals surface area (Å²) < 4.78 is 0. The molecule has 2 amide bonds. The third-order valence-corrected chi connectivity index (χ3v) is 9.65. The van der Waals surface area contributed by atoms with Crippen molar-refractivity contribution in [3.63, 3.8) is 0 Å². The second-order valence-corrected chi connectivity index (χ2v) is 13.4. The van der Waals surface area contributed by atoms with Crippen LogP contribution in [0.25, 0.3) is 0 Å². The maximum atomic E-state index is 13.2. The smallest absolute Gasteiger partial charge is 0.255 e. The minimum Gasteiger partial charge on any atom is -0.378 e. The van der Waals surface area contributed by atoms with Crippen molar-refractivity contribution in [1.82, 2.24) is 0 Å². The fourth-order valence-corrected chi connectivity index (χ4v) is 6.97. The highest BCUT2D eigenvalue weighted by atomic mass is 16.2. The van der Waals surface area contributed by atoms with E-state index in [0.29, 0.717) is 11.1 Å². The number of aryl methyl sites for hydroxylation is 4. The zero-order valence-corrected chi connectivity index (χ0v) is 28.7. The third kappa shape index (κ3) is 6.67. The molecule has 0 aromatic heterocycles. The van der Waals surface area contributed by atoms with Crippen LogP contribution in [0, 0.1) is 27.7 Å². The SMILES string of the molecule is Cc1cc(C2(c3cc(C)c(NC(=O)c4ccc(N(C)C)cc4)c(C)c3)CCCCC2)cc(C)c1NC(=O)c1ccc(N(C)C)cc1. The molecule has 1 aliphatic carbocycles. The van der Waals surface area contributed by atoms with Gasteiger partial charge in [-0.2, -0.15) is 0 Å². The van der Waals surface area contributed by atoms with Crippen LogP contribution in [0.4, 0.5) is 22.7 Å². The second kappa shape index (κ2) is 13.4. The monoisotopic (exact) mass is 616 g/mol. The van der Waals surface area contributed by atoms with E-state index in [1.54, 1.807) is 0 Å². The van der Waals surface area contributed by atoms with Crippen molar-refractivity contribution in [3.05, 3.63) is 117 Å². The number of carbonyl (C=O) groups excluding carboxylic acids is 2. The number of nitrogens with one attached hydrogen (secondary N) is 2. The van der Waals surface area contributed by atoms with Crippen molar-refractivity contribution in [3.8, 4) is 0 Å². The Morgan fingerprint density at radius 1 is 0.543 bits per heavy atom. The van der Waals surface area contributed by atoms with Gasteiger partial charge in [-0.15, -0.1) is 0 Å². The molecule has 0 atom stereocenters. The van der Waals surface area contributed by atoms with Crippen LogP contribution in [0.5, 0.6) is 0 Å². The van der Waals surface area contributed by atoms with Gasteiger partial charge < -0.3 is 20.4 Å². The van der Waals surface area contributed by atoms with E-state index in [4.69, 9.17) is 0 Å². The predicted octanol–water partition coefficient (Wildman–Crippen LogP) is 8.81. The number of nitrogens with zero attached hydrogens (tertiary/aromatic N) is 2. The normalized spacial score (nSPS) is 14.0. The molecule has 6 heteroatoms. The summed E-state index contributed by atoms with van der Waals surface area (Å²) in [5.74, 6) is -0.205. The topological polar surface area (TPSA) is 64.7 Å². The lowest BCUT2D eigenvalue weighted by Gasteiger charge is -2.40. The largest absolute Gasteiger partial charge is 0.378 e. The molecule has 0 aliphatic heterocycles. The lowest BCUT2D eigenvalue weighted by atomic mass is 9.64. The van der Waals surface area contributed by atoms with Gasteiger partial charge in [0, 0.05) is 67.5 Å². The maximum absolute atomic E-state index is 13.2. The summed E-state index contributed by atoms with van der Waals surface area (Å²) >= 11 is 0. The zero-order valence-electron chi connectivity index (χ0n) is 28.7. The maximum Gasteiger partial charge on any atom is 0.255 e. The number of carbonyl (C=O) groups is 2. The Kier molecular flexibility index (Phi) is 9.57. The molecule has 4 aromatic rings. The summed E-state index contributed by atoms with van der Waals surface area (Å²) in [5.41, 5.74) is 11.9. The highest BCUT2D eigenvalue weighted by Gasteiger charge is 2.37. The Hall–Kier alpha value is -4.58. The second-order valence-electron chi connectivity index (χ2n) is 13.4. The Bertz CT molecular complexity index is 1560. The molecule has 2 N–H and O–H groups in total. The molecule has 0 spiro atoms. The lowest BCUT2D eigenvalue weighted by Crippen LogP contribution is -2.31. The first-order chi connectivity index (χ1) is 21.9. The summed E-state index contributed by atoms with van der Waals surface area (Å²) in [6, 6.07) is 24.5. The van der Waals surface area contributed by atoms with Gasteiger partial charge in [0.25, 0.3) is 11.8 Å². The number of rotatable bonds is 8. The van der Waals surface area contributed by atoms with E-state index in [1.807, 2.05) is 86.5 Å². The van der Waals surface area contributed by atoms with Crippen molar-refractivity contribution in [2.45, 2.75) is 65.2 Å². The van der Waals surface area contributed by atoms with Gasteiger partial charge in [-0.05, 0) is 122 Å². The predicted molar refractivity (Wildman–Crippen MR) is 193 cm³/mol.